The molecule has 0 aliphatic carbocycles. The number of benzene rings is 2. The summed E-state index contributed by atoms with van der Waals surface area (Å²) in [5.74, 6) is 0.448. The Kier molecular flexibility index (Phi) is 7.02. The number of amides is 1. The molecule has 0 saturated carbocycles. The molecule has 1 aliphatic rings. The summed E-state index contributed by atoms with van der Waals surface area (Å²) in [6.07, 6.45) is 3.66. The summed E-state index contributed by atoms with van der Waals surface area (Å²) in [6, 6.07) is 22.0. The Morgan fingerprint density at radius 1 is 1.06 bits per heavy atom. The third-order valence-corrected chi connectivity index (χ3v) is 5.47. The number of hydrazone groups is 1. The molecule has 0 bridgehead atoms. The fraction of sp³-hybridized carbons (Fsp3) is 0.269. The van der Waals surface area contributed by atoms with Crippen LogP contribution >= 0.6 is 0 Å². The van der Waals surface area contributed by atoms with Crippen molar-refractivity contribution in [3.63, 3.8) is 0 Å². The van der Waals surface area contributed by atoms with Gasteiger partial charge in [0.25, 0.3) is 5.91 Å². The number of hydrazine groups is 1. The van der Waals surface area contributed by atoms with E-state index in [2.05, 4.69) is 4.98 Å². The lowest BCUT2D eigenvalue weighted by Gasteiger charge is -2.23. The maximum atomic E-state index is 13.3. The summed E-state index contributed by atoms with van der Waals surface area (Å²) >= 11 is 0. The topological polar surface area (TPSA) is 45.4 Å². The van der Waals surface area contributed by atoms with Crippen LogP contribution in [0.2, 0.25) is 0 Å². The van der Waals surface area contributed by atoms with Crippen molar-refractivity contribution >= 4 is 17.9 Å². The standard InChI is InChI=1S/C26H27FN3O2/c1-20-6-5-9-25(28-20)29(17-16-21-10-12-23(27)13-11-21)30-24(14-15-26(30)31)19-32-18-22-7-3-2-4-8-22/h2-13,17,24H,14-16,18-19H2,1H3/q+1/t24-/m1/s1. The molecule has 1 fully saturated rings. The Labute approximate surface area is 187 Å². The number of rotatable bonds is 8. The van der Waals surface area contributed by atoms with Crippen molar-refractivity contribution in [2.24, 2.45) is 0 Å². The quantitative estimate of drug-likeness (QED) is 0.386. The van der Waals surface area contributed by atoms with Gasteiger partial charge < -0.3 is 4.74 Å². The van der Waals surface area contributed by atoms with E-state index >= 15 is 0 Å². The molecule has 1 atom stereocenters. The summed E-state index contributed by atoms with van der Waals surface area (Å²) in [7, 11) is 0. The van der Waals surface area contributed by atoms with E-state index in [1.54, 1.807) is 17.1 Å². The summed E-state index contributed by atoms with van der Waals surface area (Å²) in [5, 5.41) is 1.76. The summed E-state index contributed by atoms with van der Waals surface area (Å²) in [4.78, 5) is 17.5. The first-order chi connectivity index (χ1) is 15.6. The zero-order chi connectivity index (χ0) is 22.3. The second-order valence-corrected chi connectivity index (χ2v) is 7.93. The molecule has 6 heteroatoms. The number of halogens is 1. The predicted octanol–water partition coefficient (Wildman–Crippen LogP) is 4.61. The van der Waals surface area contributed by atoms with Crippen molar-refractivity contribution in [3.05, 3.63) is 95.4 Å². The monoisotopic (exact) mass is 432 g/mol. The van der Waals surface area contributed by atoms with Crippen molar-refractivity contribution < 1.29 is 18.6 Å². The summed E-state index contributed by atoms with van der Waals surface area (Å²) in [5.41, 5.74) is 2.92. The van der Waals surface area contributed by atoms with Crippen molar-refractivity contribution in [1.29, 1.82) is 0 Å². The minimum atomic E-state index is -0.267. The number of hydrogen-bond acceptors (Lipinski definition) is 3. The zero-order valence-corrected chi connectivity index (χ0v) is 18.2. The number of nitrogens with zero attached hydrogens (tertiary/aromatic N) is 3. The summed E-state index contributed by atoms with van der Waals surface area (Å²) in [6.45, 7) is 2.86. The van der Waals surface area contributed by atoms with Crippen LogP contribution in [0.25, 0.3) is 0 Å². The van der Waals surface area contributed by atoms with Crippen LogP contribution in [0, 0.1) is 12.7 Å². The number of aromatic nitrogens is 1. The number of carbonyl (C=O) groups is 1. The van der Waals surface area contributed by atoms with Gasteiger partial charge in [-0.2, -0.15) is 5.01 Å². The van der Waals surface area contributed by atoms with E-state index in [0.29, 0.717) is 31.9 Å². The lowest BCUT2D eigenvalue weighted by molar-refractivity contribution is -0.608. The third kappa shape index (κ3) is 5.45. The maximum absolute atomic E-state index is 13.3. The molecular formula is C26H27FN3O2+. The third-order valence-electron chi connectivity index (χ3n) is 5.47. The van der Waals surface area contributed by atoms with Crippen LogP contribution in [-0.2, 0) is 22.6 Å². The van der Waals surface area contributed by atoms with Crippen LogP contribution in [0.1, 0.15) is 29.7 Å². The average Bonchev–Trinajstić information content (AvgIpc) is 3.16. The molecule has 164 valence electrons. The average molecular weight is 433 g/mol. The van der Waals surface area contributed by atoms with E-state index in [-0.39, 0.29) is 17.8 Å². The van der Waals surface area contributed by atoms with E-state index < -0.39 is 0 Å². The van der Waals surface area contributed by atoms with E-state index in [9.17, 15) is 9.18 Å². The van der Waals surface area contributed by atoms with Gasteiger partial charge in [-0.15, -0.1) is 4.68 Å². The fourth-order valence-corrected chi connectivity index (χ4v) is 3.83. The Hall–Kier alpha value is -3.38. The van der Waals surface area contributed by atoms with Crippen LogP contribution in [0.3, 0.4) is 0 Å². The second kappa shape index (κ2) is 10.3. The normalized spacial score (nSPS) is 16.6. The van der Waals surface area contributed by atoms with Crippen LogP contribution in [0.15, 0.2) is 72.8 Å². The highest BCUT2D eigenvalue weighted by Crippen LogP contribution is 2.24. The molecule has 2 aromatic carbocycles. The molecule has 1 saturated heterocycles. The van der Waals surface area contributed by atoms with Gasteiger partial charge in [-0.3, -0.25) is 4.79 Å². The van der Waals surface area contributed by atoms with E-state index in [1.165, 1.54) is 12.1 Å². The molecule has 0 N–H and O–H groups in total. The smallest absolute Gasteiger partial charge is 0.346 e. The Morgan fingerprint density at radius 3 is 2.59 bits per heavy atom. The van der Waals surface area contributed by atoms with Gasteiger partial charge in [-0.25, -0.2) is 4.39 Å². The van der Waals surface area contributed by atoms with Gasteiger partial charge in [0, 0.05) is 25.8 Å². The maximum Gasteiger partial charge on any atom is 0.346 e. The Bertz CT molecular complexity index is 1080. The zero-order valence-electron chi connectivity index (χ0n) is 18.2. The van der Waals surface area contributed by atoms with Crippen LogP contribution in [0.5, 0.6) is 0 Å². The molecule has 4 rings (SSSR count). The van der Waals surface area contributed by atoms with Gasteiger partial charge in [0.2, 0.25) is 0 Å². The van der Waals surface area contributed by atoms with Gasteiger partial charge in [0.15, 0.2) is 0 Å². The Morgan fingerprint density at radius 2 is 1.84 bits per heavy atom. The first kappa shape index (κ1) is 21.8. The lowest BCUT2D eigenvalue weighted by Crippen LogP contribution is -2.43. The van der Waals surface area contributed by atoms with E-state index in [4.69, 9.17) is 4.74 Å². The molecule has 1 aromatic heterocycles. The highest BCUT2D eigenvalue weighted by atomic mass is 19.1. The fourth-order valence-electron chi connectivity index (χ4n) is 3.83. The van der Waals surface area contributed by atoms with Gasteiger partial charge in [0.1, 0.15) is 17.7 Å². The molecule has 32 heavy (non-hydrogen) atoms. The van der Waals surface area contributed by atoms with Crippen molar-refractivity contribution in [2.45, 2.75) is 38.8 Å². The molecule has 5 nitrogen and oxygen atoms in total. The van der Waals surface area contributed by atoms with Crippen molar-refractivity contribution in [1.82, 2.24) is 9.99 Å². The van der Waals surface area contributed by atoms with Gasteiger partial charge in [-0.05, 0) is 46.8 Å². The predicted molar refractivity (Wildman–Crippen MR) is 121 cm³/mol. The number of ether oxygens (including phenoxy) is 1. The minimum absolute atomic E-state index is 0.0389. The Balaban J connectivity index is 1.56. The van der Waals surface area contributed by atoms with Crippen LogP contribution in [-0.4, -0.2) is 39.4 Å². The first-order valence-electron chi connectivity index (χ1n) is 10.8. The number of hydrogen-bond donors (Lipinski definition) is 0. The first-order valence-corrected chi connectivity index (χ1v) is 10.8. The number of aryl methyl sites for hydroxylation is 1. The molecule has 1 amide bonds. The van der Waals surface area contributed by atoms with E-state index in [1.807, 2.05) is 66.4 Å². The largest absolute Gasteiger partial charge is 0.374 e. The van der Waals surface area contributed by atoms with Gasteiger partial charge in [0.05, 0.1) is 19.3 Å². The summed E-state index contributed by atoms with van der Waals surface area (Å²) < 4.78 is 21.1. The van der Waals surface area contributed by atoms with E-state index in [0.717, 1.165) is 23.2 Å². The molecule has 2 heterocycles. The molecular weight excluding hydrogens is 405 g/mol. The SMILES string of the molecule is Cc1cccc([N+](=CCc2ccc(F)cc2)N2C(=O)CC[C@@H]2COCc2ccccc2)n1. The van der Waals surface area contributed by atoms with Gasteiger partial charge in [-0.1, -0.05) is 42.5 Å². The minimum Gasteiger partial charge on any atom is -0.374 e. The highest BCUT2D eigenvalue weighted by Gasteiger charge is 2.38. The lowest BCUT2D eigenvalue weighted by atomic mass is 10.2. The molecule has 1 aliphatic heterocycles. The van der Waals surface area contributed by atoms with Crippen LogP contribution in [0.4, 0.5) is 10.2 Å². The highest BCUT2D eigenvalue weighted by molar-refractivity contribution is 5.78. The molecule has 0 spiro atoms. The van der Waals surface area contributed by atoms with Crippen molar-refractivity contribution in [2.75, 3.05) is 6.61 Å². The molecule has 0 radical (unpaired) electrons. The molecule has 3 aromatic rings. The van der Waals surface area contributed by atoms with Gasteiger partial charge >= 0.3 is 5.82 Å². The second-order valence-electron chi connectivity index (χ2n) is 7.93. The molecule has 0 unspecified atom stereocenters. The number of carbonyl (C=O) groups excluding carboxylic acids is 1. The number of pyridine rings is 1. The van der Waals surface area contributed by atoms with Crippen LogP contribution < -0.4 is 0 Å². The van der Waals surface area contributed by atoms with Crippen molar-refractivity contribution in [3.8, 4) is 0 Å².